The van der Waals surface area contributed by atoms with Crippen molar-refractivity contribution < 1.29 is 15.0 Å². The highest BCUT2D eigenvalue weighted by molar-refractivity contribution is 9.10. The van der Waals surface area contributed by atoms with Gasteiger partial charge in [-0.05, 0) is 15.9 Å². The maximum Gasteiger partial charge on any atom is 0.356 e. The van der Waals surface area contributed by atoms with E-state index >= 15 is 0 Å². The molecule has 1 aromatic rings. The van der Waals surface area contributed by atoms with Gasteiger partial charge >= 0.3 is 5.97 Å². The van der Waals surface area contributed by atoms with Gasteiger partial charge in [0.1, 0.15) is 10.3 Å². The number of nitrogens with zero attached hydrogens (tertiary/aromatic N) is 2. The summed E-state index contributed by atoms with van der Waals surface area (Å²) in [7, 11) is 1.13. The summed E-state index contributed by atoms with van der Waals surface area (Å²) < 4.78 is 34.8. The summed E-state index contributed by atoms with van der Waals surface area (Å²) in [5, 5.41) is 3.66. The highest BCUT2D eigenvalue weighted by Gasteiger charge is 2.13. The van der Waals surface area contributed by atoms with Crippen molar-refractivity contribution in [3.05, 3.63) is 16.4 Å². The van der Waals surface area contributed by atoms with Crippen molar-refractivity contribution in [3.8, 4) is 0 Å². The van der Waals surface area contributed by atoms with Crippen LogP contribution in [-0.4, -0.2) is 29.4 Å². The minimum absolute atomic E-state index is 0.172. The van der Waals surface area contributed by atoms with Gasteiger partial charge in [-0.1, -0.05) is 0 Å². The zero-order valence-electron chi connectivity index (χ0n) is 10.7. The number of esters is 1. The summed E-state index contributed by atoms with van der Waals surface area (Å²) in [4.78, 5) is 11.4. The predicted molar refractivity (Wildman–Crippen MR) is 50.3 cm³/mol. The molecule has 6 heteroatoms. The lowest BCUT2D eigenvalue weighted by atomic mass is 10.4. The Morgan fingerprint density at radius 2 is 2.69 bits per heavy atom. The standard InChI is InChI=1S/C7H10BrN3O2/c1-13-7(12)5-4-6(8)10-11(5)3-2-9/h4H,2-3,9H2,1H3/i2D2,3D2. The van der Waals surface area contributed by atoms with Crippen LogP contribution in [0, 0.1) is 0 Å². The zero-order chi connectivity index (χ0) is 13.4. The fourth-order valence-electron chi connectivity index (χ4n) is 0.749. The number of aromatic nitrogens is 2. The predicted octanol–water partition coefficient (Wildman–Crippen LogP) is 0.391. The van der Waals surface area contributed by atoms with E-state index in [1.807, 2.05) is 0 Å². The molecule has 1 rings (SSSR count). The highest BCUT2D eigenvalue weighted by Crippen LogP contribution is 2.11. The van der Waals surface area contributed by atoms with Crippen LogP contribution in [0.2, 0.25) is 0 Å². The Hall–Kier alpha value is -0.880. The summed E-state index contributed by atoms with van der Waals surface area (Å²) in [5.74, 6) is -0.837. The van der Waals surface area contributed by atoms with Crippen LogP contribution in [0.4, 0.5) is 0 Å². The lowest BCUT2D eigenvalue weighted by molar-refractivity contribution is 0.0586. The van der Waals surface area contributed by atoms with Crippen molar-refractivity contribution in [1.29, 1.82) is 0 Å². The Balaban J connectivity index is 3.36. The first kappa shape index (κ1) is 5.77. The SMILES string of the molecule is [2H]C([2H])(N)C([2H])([2H])n1nc(Br)cc1C(=O)OC. The largest absolute Gasteiger partial charge is 0.464 e. The Morgan fingerprint density at radius 1 is 2.00 bits per heavy atom. The number of rotatable bonds is 3. The van der Waals surface area contributed by atoms with Crippen LogP contribution >= 0.6 is 15.9 Å². The number of nitrogens with two attached hydrogens (primary N) is 1. The van der Waals surface area contributed by atoms with Crippen LogP contribution in [0.1, 0.15) is 16.0 Å². The zero-order valence-corrected chi connectivity index (χ0v) is 8.33. The third-order valence-electron chi connectivity index (χ3n) is 1.24. The van der Waals surface area contributed by atoms with Crippen LogP contribution < -0.4 is 5.73 Å². The number of hydrogen-bond acceptors (Lipinski definition) is 4. The molecule has 0 aliphatic heterocycles. The monoisotopic (exact) mass is 251 g/mol. The molecular weight excluding hydrogens is 238 g/mol. The van der Waals surface area contributed by atoms with E-state index in [0.717, 1.165) is 7.11 Å². The topological polar surface area (TPSA) is 70.1 Å². The van der Waals surface area contributed by atoms with Crippen molar-refractivity contribution in [2.24, 2.45) is 5.73 Å². The molecule has 0 aromatic carbocycles. The summed E-state index contributed by atoms with van der Waals surface area (Å²) >= 11 is 2.97. The normalized spacial score (nSPS) is 16.8. The number of aryl methyl sites for hydroxylation is 1. The molecule has 13 heavy (non-hydrogen) atoms. The molecular formula is C7H10BrN3O2. The van der Waals surface area contributed by atoms with E-state index in [2.05, 4.69) is 25.8 Å². The van der Waals surface area contributed by atoms with E-state index in [4.69, 9.17) is 11.2 Å². The third kappa shape index (κ3) is 2.28. The van der Waals surface area contributed by atoms with Crippen molar-refractivity contribution >= 4 is 21.9 Å². The summed E-state index contributed by atoms with van der Waals surface area (Å²) in [6, 6.07) is 1.22. The number of hydrogen-bond donors (Lipinski definition) is 1. The molecule has 5 nitrogen and oxygen atoms in total. The summed E-state index contributed by atoms with van der Waals surface area (Å²) in [6.07, 6.45) is 0. The van der Waals surface area contributed by atoms with Gasteiger partial charge in [0.15, 0.2) is 0 Å². The molecule has 0 unspecified atom stereocenters. The number of ether oxygens (including phenoxy) is 1. The Labute approximate surface area is 89.6 Å². The van der Waals surface area contributed by atoms with Crippen molar-refractivity contribution in [3.63, 3.8) is 0 Å². The average Bonchev–Trinajstić information content (AvgIpc) is 2.58. The third-order valence-corrected chi connectivity index (χ3v) is 1.63. The first-order valence-corrected chi connectivity index (χ1v) is 4.04. The lowest BCUT2D eigenvalue weighted by Gasteiger charge is -2.02. The molecule has 0 amide bonds. The second-order valence-electron chi connectivity index (χ2n) is 2.01. The lowest BCUT2D eigenvalue weighted by Crippen LogP contribution is -2.17. The quantitative estimate of drug-likeness (QED) is 0.790. The Morgan fingerprint density at radius 3 is 3.23 bits per heavy atom. The maximum atomic E-state index is 11.4. The van der Waals surface area contributed by atoms with Gasteiger partial charge in [-0.3, -0.25) is 4.68 Å². The minimum Gasteiger partial charge on any atom is -0.464 e. The second kappa shape index (κ2) is 4.38. The first-order chi connectivity index (χ1) is 7.61. The van der Waals surface area contributed by atoms with E-state index in [1.54, 1.807) is 0 Å². The van der Waals surface area contributed by atoms with Gasteiger partial charge < -0.3 is 10.5 Å². The molecule has 0 fully saturated rings. The van der Waals surface area contributed by atoms with Crippen LogP contribution in [0.25, 0.3) is 0 Å². The van der Waals surface area contributed by atoms with E-state index in [1.165, 1.54) is 6.07 Å². The molecule has 0 aliphatic carbocycles. The van der Waals surface area contributed by atoms with Gasteiger partial charge in [-0.2, -0.15) is 5.10 Å². The van der Waals surface area contributed by atoms with Gasteiger partial charge in [0.25, 0.3) is 0 Å². The molecule has 72 valence electrons. The first-order valence-electron chi connectivity index (χ1n) is 5.24. The molecule has 0 radical (unpaired) electrons. The smallest absolute Gasteiger partial charge is 0.356 e. The van der Waals surface area contributed by atoms with E-state index in [-0.39, 0.29) is 10.3 Å². The molecule has 2 N–H and O–H groups in total. The van der Waals surface area contributed by atoms with Crippen molar-refractivity contribution in [2.45, 2.75) is 6.50 Å². The summed E-state index contributed by atoms with van der Waals surface area (Å²) in [5.41, 5.74) is 4.86. The van der Waals surface area contributed by atoms with Crippen molar-refractivity contribution in [1.82, 2.24) is 9.78 Å². The van der Waals surface area contributed by atoms with Crippen LogP contribution in [0.3, 0.4) is 0 Å². The average molecular weight is 252 g/mol. The fraction of sp³-hybridized carbons (Fsp3) is 0.429. The minimum atomic E-state index is -2.71. The van der Waals surface area contributed by atoms with Crippen LogP contribution in [-0.2, 0) is 11.2 Å². The van der Waals surface area contributed by atoms with Gasteiger partial charge in [0.05, 0.1) is 16.3 Å². The molecule has 0 bridgehead atoms. The highest BCUT2D eigenvalue weighted by atomic mass is 79.9. The number of halogens is 1. The molecule has 0 atom stereocenters. The van der Waals surface area contributed by atoms with Gasteiger partial charge in [-0.25, -0.2) is 4.79 Å². The van der Waals surface area contributed by atoms with E-state index < -0.39 is 19.0 Å². The van der Waals surface area contributed by atoms with E-state index in [9.17, 15) is 4.79 Å². The van der Waals surface area contributed by atoms with Crippen LogP contribution in [0.15, 0.2) is 10.7 Å². The molecule has 0 spiro atoms. The molecule has 0 saturated heterocycles. The summed E-state index contributed by atoms with van der Waals surface area (Å²) in [6.45, 7) is -5.40. The fourth-order valence-corrected chi connectivity index (χ4v) is 1.12. The van der Waals surface area contributed by atoms with Crippen LogP contribution in [0.5, 0.6) is 0 Å². The van der Waals surface area contributed by atoms with Gasteiger partial charge in [0, 0.05) is 15.3 Å². The van der Waals surface area contributed by atoms with Gasteiger partial charge in [0.2, 0.25) is 0 Å². The molecule has 0 saturated carbocycles. The molecule has 1 aromatic heterocycles. The molecule has 0 aliphatic rings. The molecule has 1 heterocycles. The number of carbonyl (C=O) groups is 1. The Bertz CT molecular complexity index is 443. The maximum absolute atomic E-state index is 11.4. The second-order valence-corrected chi connectivity index (χ2v) is 2.82. The van der Waals surface area contributed by atoms with E-state index in [0.29, 0.717) is 4.68 Å². The number of carbonyl (C=O) groups excluding carboxylic acids is 1. The Kier molecular flexibility index (Phi) is 1.94. The number of methoxy groups -OCH3 is 1. The van der Waals surface area contributed by atoms with Crippen molar-refractivity contribution in [2.75, 3.05) is 13.6 Å². The van der Waals surface area contributed by atoms with Gasteiger partial charge in [-0.15, -0.1) is 0 Å².